The molecular formula is C5H12O3. The van der Waals surface area contributed by atoms with Crippen molar-refractivity contribution in [3.8, 4) is 0 Å². The van der Waals surface area contributed by atoms with Crippen LogP contribution in [0.3, 0.4) is 0 Å². The molecule has 0 saturated carbocycles. The van der Waals surface area contributed by atoms with Crippen molar-refractivity contribution >= 4 is 0 Å². The summed E-state index contributed by atoms with van der Waals surface area (Å²) in [5, 5.41) is 17.4. The second kappa shape index (κ2) is 3.83. The Balaban J connectivity index is 3.17. The number of hydrogen-bond donors (Lipinski definition) is 2. The van der Waals surface area contributed by atoms with Gasteiger partial charge in [-0.3, -0.25) is 0 Å². The molecule has 0 aromatic heterocycles. The number of ether oxygens (including phenoxy) is 1. The summed E-state index contributed by atoms with van der Waals surface area (Å²) < 4.78 is 4.55. The van der Waals surface area contributed by atoms with Crippen LogP contribution in [0.25, 0.3) is 0 Å². The lowest BCUT2D eigenvalue weighted by atomic mass is 10.2. The van der Waals surface area contributed by atoms with Crippen molar-refractivity contribution < 1.29 is 14.9 Å². The zero-order chi connectivity index (χ0) is 6.57. The second-order valence-electron chi connectivity index (χ2n) is 1.76. The summed E-state index contributed by atoms with van der Waals surface area (Å²) in [6.07, 6.45) is -1.45. The summed E-state index contributed by atoms with van der Waals surface area (Å²) in [5.41, 5.74) is 0. The van der Waals surface area contributed by atoms with Crippen molar-refractivity contribution in [2.24, 2.45) is 0 Å². The van der Waals surface area contributed by atoms with Gasteiger partial charge in [0.15, 0.2) is 0 Å². The van der Waals surface area contributed by atoms with Gasteiger partial charge in [-0.1, -0.05) is 0 Å². The van der Waals surface area contributed by atoms with Crippen molar-refractivity contribution in [1.29, 1.82) is 0 Å². The summed E-state index contributed by atoms with van der Waals surface area (Å²) in [6, 6.07) is 0. The molecule has 0 amide bonds. The summed E-state index contributed by atoms with van der Waals surface area (Å²) >= 11 is 0. The van der Waals surface area contributed by atoms with Crippen LogP contribution in [0.1, 0.15) is 6.92 Å². The Morgan fingerprint density at radius 1 is 1.50 bits per heavy atom. The molecule has 0 aromatic carbocycles. The van der Waals surface area contributed by atoms with Gasteiger partial charge >= 0.3 is 0 Å². The maximum Gasteiger partial charge on any atom is 0.103 e. The smallest absolute Gasteiger partial charge is 0.103 e. The topological polar surface area (TPSA) is 49.7 Å². The van der Waals surface area contributed by atoms with E-state index in [1.807, 2.05) is 0 Å². The molecule has 3 heteroatoms. The number of aliphatic hydroxyl groups excluding tert-OH is 2. The molecule has 0 aliphatic carbocycles. The molecule has 2 unspecified atom stereocenters. The molecule has 0 spiro atoms. The highest BCUT2D eigenvalue weighted by molar-refractivity contribution is 4.58. The number of hydrogen-bond acceptors (Lipinski definition) is 3. The highest BCUT2D eigenvalue weighted by Crippen LogP contribution is 1.90. The molecule has 2 atom stereocenters. The Morgan fingerprint density at radius 2 is 2.00 bits per heavy atom. The van der Waals surface area contributed by atoms with Gasteiger partial charge in [-0.05, 0) is 6.92 Å². The molecule has 0 aliphatic heterocycles. The van der Waals surface area contributed by atoms with E-state index in [-0.39, 0.29) is 6.61 Å². The maximum absolute atomic E-state index is 8.75. The average molecular weight is 120 g/mol. The average Bonchev–Trinajstić information content (AvgIpc) is 1.67. The summed E-state index contributed by atoms with van der Waals surface area (Å²) in [4.78, 5) is 0. The molecule has 8 heavy (non-hydrogen) atoms. The Labute approximate surface area is 48.9 Å². The van der Waals surface area contributed by atoms with Gasteiger partial charge in [0.2, 0.25) is 0 Å². The van der Waals surface area contributed by atoms with Gasteiger partial charge in [-0.2, -0.15) is 0 Å². The molecule has 0 rings (SSSR count). The van der Waals surface area contributed by atoms with Gasteiger partial charge in [-0.25, -0.2) is 0 Å². The molecule has 0 aliphatic rings. The summed E-state index contributed by atoms with van der Waals surface area (Å²) in [6.45, 7) is 1.71. The lowest BCUT2D eigenvalue weighted by Gasteiger charge is -2.10. The third-order valence-electron chi connectivity index (χ3n) is 0.894. The molecular weight excluding hydrogens is 108 g/mol. The molecule has 0 radical (unpaired) electrons. The highest BCUT2D eigenvalue weighted by Gasteiger charge is 2.08. The van der Waals surface area contributed by atoms with E-state index in [1.165, 1.54) is 14.0 Å². The van der Waals surface area contributed by atoms with Gasteiger partial charge in [0.25, 0.3) is 0 Å². The Hall–Kier alpha value is -0.120. The molecule has 3 nitrogen and oxygen atoms in total. The fourth-order valence-electron chi connectivity index (χ4n) is 0.310. The van der Waals surface area contributed by atoms with E-state index in [1.54, 1.807) is 0 Å². The van der Waals surface area contributed by atoms with Crippen LogP contribution in [0.4, 0.5) is 0 Å². The van der Waals surface area contributed by atoms with E-state index in [4.69, 9.17) is 10.2 Å². The van der Waals surface area contributed by atoms with Gasteiger partial charge < -0.3 is 14.9 Å². The van der Waals surface area contributed by atoms with Crippen LogP contribution in [0, 0.1) is 0 Å². The first kappa shape index (κ1) is 7.88. The van der Waals surface area contributed by atoms with Crippen LogP contribution in [0.5, 0.6) is 0 Å². The predicted molar refractivity (Wildman–Crippen MR) is 29.6 cm³/mol. The van der Waals surface area contributed by atoms with Crippen molar-refractivity contribution in [1.82, 2.24) is 0 Å². The van der Waals surface area contributed by atoms with E-state index in [0.717, 1.165) is 0 Å². The number of methoxy groups -OCH3 is 1. The van der Waals surface area contributed by atoms with Crippen molar-refractivity contribution in [3.05, 3.63) is 0 Å². The Kier molecular flexibility index (Phi) is 3.77. The lowest BCUT2D eigenvalue weighted by Crippen LogP contribution is -2.26. The molecule has 0 saturated heterocycles. The molecule has 0 heterocycles. The zero-order valence-electron chi connectivity index (χ0n) is 5.16. The van der Waals surface area contributed by atoms with E-state index >= 15 is 0 Å². The minimum Gasteiger partial charge on any atom is -0.391 e. The van der Waals surface area contributed by atoms with E-state index < -0.39 is 12.2 Å². The zero-order valence-corrected chi connectivity index (χ0v) is 5.16. The van der Waals surface area contributed by atoms with Gasteiger partial charge in [-0.15, -0.1) is 0 Å². The molecule has 50 valence electrons. The quantitative estimate of drug-likeness (QED) is 0.521. The van der Waals surface area contributed by atoms with Crippen LogP contribution in [-0.2, 0) is 4.74 Å². The van der Waals surface area contributed by atoms with Crippen LogP contribution in [0.2, 0.25) is 0 Å². The molecule has 0 fully saturated rings. The van der Waals surface area contributed by atoms with Gasteiger partial charge in [0, 0.05) is 7.11 Å². The molecule has 2 N–H and O–H groups in total. The fraction of sp³-hybridized carbons (Fsp3) is 1.00. The van der Waals surface area contributed by atoms with Gasteiger partial charge in [0.1, 0.15) is 6.10 Å². The summed E-state index contributed by atoms with van der Waals surface area (Å²) in [7, 11) is 1.48. The Bertz CT molecular complexity index is 53.6. The molecule has 0 aromatic rings. The third-order valence-corrected chi connectivity index (χ3v) is 0.894. The number of aliphatic hydroxyl groups is 2. The normalized spacial score (nSPS) is 18.0. The molecule has 0 bridgehead atoms. The fourth-order valence-corrected chi connectivity index (χ4v) is 0.310. The Morgan fingerprint density at radius 3 is 2.12 bits per heavy atom. The highest BCUT2D eigenvalue weighted by atomic mass is 16.5. The first-order valence-corrected chi connectivity index (χ1v) is 2.53. The minimum atomic E-state index is -0.750. The maximum atomic E-state index is 8.75. The number of rotatable bonds is 3. The van der Waals surface area contributed by atoms with E-state index in [2.05, 4.69) is 4.74 Å². The van der Waals surface area contributed by atoms with Crippen molar-refractivity contribution in [3.63, 3.8) is 0 Å². The second-order valence-corrected chi connectivity index (χ2v) is 1.76. The monoisotopic (exact) mass is 120 g/mol. The first-order chi connectivity index (χ1) is 3.68. The first-order valence-electron chi connectivity index (χ1n) is 2.53. The minimum absolute atomic E-state index is 0.192. The SMILES string of the molecule is COCC(O)C(C)O. The van der Waals surface area contributed by atoms with Crippen molar-refractivity contribution in [2.45, 2.75) is 19.1 Å². The van der Waals surface area contributed by atoms with Crippen LogP contribution in [0.15, 0.2) is 0 Å². The summed E-state index contributed by atoms with van der Waals surface area (Å²) in [5.74, 6) is 0. The predicted octanol–water partition coefficient (Wildman–Crippen LogP) is -0.625. The van der Waals surface area contributed by atoms with E-state index in [0.29, 0.717) is 0 Å². The van der Waals surface area contributed by atoms with Crippen LogP contribution < -0.4 is 0 Å². The largest absolute Gasteiger partial charge is 0.391 e. The van der Waals surface area contributed by atoms with Crippen molar-refractivity contribution in [2.75, 3.05) is 13.7 Å². The van der Waals surface area contributed by atoms with Crippen LogP contribution >= 0.6 is 0 Å². The van der Waals surface area contributed by atoms with Gasteiger partial charge in [0.05, 0.1) is 12.7 Å². The lowest BCUT2D eigenvalue weighted by molar-refractivity contribution is -0.0173. The van der Waals surface area contributed by atoms with E-state index in [9.17, 15) is 0 Å². The third kappa shape index (κ3) is 2.96. The standard InChI is InChI=1S/C5H12O3/c1-4(6)5(7)3-8-2/h4-7H,3H2,1-2H3. The van der Waals surface area contributed by atoms with Crippen LogP contribution in [-0.4, -0.2) is 36.1 Å².